The number of nitrogens with zero attached hydrogens (tertiary/aromatic N) is 3. The lowest BCUT2D eigenvalue weighted by atomic mass is 10.2. The van der Waals surface area contributed by atoms with Crippen LogP contribution in [0.25, 0.3) is 5.69 Å². The second kappa shape index (κ2) is 7.20. The number of carbonyl (C=O) groups is 2. The van der Waals surface area contributed by atoms with Crippen molar-refractivity contribution in [1.29, 1.82) is 0 Å². The first-order chi connectivity index (χ1) is 14.2. The van der Waals surface area contributed by atoms with Crippen LogP contribution in [-0.2, 0) is 16.0 Å². The molecule has 0 radical (unpaired) electrons. The van der Waals surface area contributed by atoms with Gasteiger partial charge in [0.2, 0.25) is 0 Å². The Kier molecular flexibility index (Phi) is 4.39. The van der Waals surface area contributed by atoms with Crippen molar-refractivity contribution >= 4 is 17.6 Å². The molecule has 1 aliphatic carbocycles. The van der Waals surface area contributed by atoms with E-state index < -0.39 is 5.97 Å². The van der Waals surface area contributed by atoms with Gasteiger partial charge in [-0.05, 0) is 49.1 Å². The highest BCUT2D eigenvalue weighted by molar-refractivity contribution is 5.98. The van der Waals surface area contributed by atoms with Crippen molar-refractivity contribution in [3.8, 4) is 5.69 Å². The number of para-hydroxylation sites is 2. The first-order valence-electron chi connectivity index (χ1n) is 9.91. The predicted octanol–water partition coefficient (Wildman–Crippen LogP) is 3.50. The molecule has 2 aliphatic rings. The van der Waals surface area contributed by atoms with Gasteiger partial charge in [-0.15, -0.1) is 0 Å². The maximum atomic E-state index is 12.8. The monoisotopic (exact) mass is 387 g/mol. The maximum Gasteiger partial charge on any atom is 0.357 e. The van der Waals surface area contributed by atoms with E-state index in [0.29, 0.717) is 18.2 Å². The summed E-state index contributed by atoms with van der Waals surface area (Å²) in [5, 5.41) is 4.62. The zero-order valence-corrected chi connectivity index (χ0v) is 16.0. The number of hydrogen-bond donors (Lipinski definition) is 0. The fraction of sp³-hybridized carbons (Fsp3) is 0.261. The third kappa shape index (κ3) is 3.42. The van der Waals surface area contributed by atoms with E-state index in [-0.39, 0.29) is 12.5 Å². The quantitative estimate of drug-likeness (QED) is 0.629. The van der Waals surface area contributed by atoms with Crippen molar-refractivity contribution in [3.63, 3.8) is 0 Å². The Labute approximate surface area is 168 Å². The van der Waals surface area contributed by atoms with Crippen LogP contribution in [0, 0.1) is 0 Å². The molecule has 6 nitrogen and oxygen atoms in total. The molecule has 1 aromatic heterocycles. The van der Waals surface area contributed by atoms with E-state index in [0.717, 1.165) is 41.9 Å². The second-order valence-corrected chi connectivity index (χ2v) is 7.48. The van der Waals surface area contributed by atoms with Crippen molar-refractivity contribution < 1.29 is 14.3 Å². The van der Waals surface area contributed by atoms with Crippen molar-refractivity contribution in [3.05, 3.63) is 77.6 Å². The fourth-order valence-corrected chi connectivity index (χ4v) is 3.77. The highest BCUT2D eigenvalue weighted by Crippen LogP contribution is 2.39. The summed E-state index contributed by atoms with van der Waals surface area (Å²) < 4.78 is 7.02. The molecule has 29 heavy (non-hydrogen) atoms. The minimum absolute atomic E-state index is 0.212. The van der Waals surface area contributed by atoms with Crippen LogP contribution in [0.2, 0.25) is 0 Å². The number of esters is 1. The molecule has 0 bridgehead atoms. The standard InChI is InChI=1S/C23H21N3O3/c27-22(25-13-12-17-6-4-5-9-20(17)25)15-29-23(28)21-14-19(16-10-11-16)24-26(21)18-7-2-1-3-8-18/h1-9,14,16H,10-13,15H2. The van der Waals surface area contributed by atoms with Gasteiger partial charge in [-0.25, -0.2) is 9.48 Å². The molecule has 0 atom stereocenters. The molecular formula is C23H21N3O3. The first kappa shape index (κ1) is 17.7. The van der Waals surface area contributed by atoms with Gasteiger partial charge in [-0.3, -0.25) is 4.79 Å². The molecule has 5 rings (SSSR count). The summed E-state index contributed by atoms with van der Waals surface area (Å²) >= 11 is 0. The van der Waals surface area contributed by atoms with Gasteiger partial charge in [0, 0.05) is 18.2 Å². The summed E-state index contributed by atoms with van der Waals surface area (Å²) in [5.74, 6) is -0.333. The summed E-state index contributed by atoms with van der Waals surface area (Å²) in [7, 11) is 0. The largest absolute Gasteiger partial charge is 0.451 e. The Morgan fingerprint density at radius 1 is 1.03 bits per heavy atom. The zero-order chi connectivity index (χ0) is 19.8. The number of hydrogen-bond acceptors (Lipinski definition) is 4. The SMILES string of the molecule is O=C(OCC(=O)N1CCc2ccccc21)c1cc(C2CC2)nn1-c1ccccc1. The molecule has 1 saturated carbocycles. The van der Waals surface area contributed by atoms with Gasteiger partial charge in [0.25, 0.3) is 5.91 Å². The smallest absolute Gasteiger partial charge is 0.357 e. The van der Waals surface area contributed by atoms with Crippen LogP contribution >= 0.6 is 0 Å². The first-order valence-corrected chi connectivity index (χ1v) is 9.91. The van der Waals surface area contributed by atoms with Gasteiger partial charge in [0.05, 0.1) is 11.4 Å². The van der Waals surface area contributed by atoms with Crippen molar-refractivity contribution in [2.24, 2.45) is 0 Å². The molecule has 3 aromatic rings. The van der Waals surface area contributed by atoms with Crippen LogP contribution < -0.4 is 4.90 Å². The number of anilines is 1. The summed E-state index contributed by atoms with van der Waals surface area (Å²) in [4.78, 5) is 27.1. The minimum Gasteiger partial charge on any atom is -0.451 e. The summed E-state index contributed by atoms with van der Waals surface area (Å²) in [6.45, 7) is 0.329. The highest BCUT2D eigenvalue weighted by Gasteiger charge is 2.30. The van der Waals surface area contributed by atoms with Crippen molar-refractivity contribution in [1.82, 2.24) is 9.78 Å². The van der Waals surface area contributed by atoms with Crippen LogP contribution in [0.5, 0.6) is 0 Å². The van der Waals surface area contributed by atoms with E-state index in [9.17, 15) is 9.59 Å². The fourth-order valence-electron chi connectivity index (χ4n) is 3.77. The van der Waals surface area contributed by atoms with Crippen molar-refractivity contribution in [2.45, 2.75) is 25.2 Å². The second-order valence-electron chi connectivity index (χ2n) is 7.48. The van der Waals surface area contributed by atoms with E-state index in [1.165, 1.54) is 0 Å². The number of amides is 1. The highest BCUT2D eigenvalue weighted by atomic mass is 16.5. The van der Waals surface area contributed by atoms with Gasteiger partial charge in [0.15, 0.2) is 12.3 Å². The Balaban J connectivity index is 1.33. The normalized spacial score (nSPS) is 15.2. The summed E-state index contributed by atoms with van der Waals surface area (Å²) in [6.07, 6.45) is 3.00. The molecule has 0 spiro atoms. The average molecular weight is 387 g/mol. The Hall–Kier alpha value is -3.41. The molecule has 0 unspecified atom stereocenters. The Bertz CT molecular complexity index is 1070. The third-order valence-corrected chi connectivity index (χ3v) is 5.45. The lowest BCUT2D eigenvalue weighted by Crippen LogP contribution is -2.33. The van der Waals surface area contributed by atoms with Crippen molar-refractivity contribution in [2.75, 3.05) is 18.1 Å². The van der Waals surface area contributed by atoms with Gasteiger partial charge < -0.3 is 9.64 Å². The molecule has 146 valence electrons. The van der Waals surface area contributed by atoms with E-state index in [4.69, 9.17) is 4.74 Å². The van der Waals surface area contributed by atoms with Gasteiger partial charge in [-0.1, -0.05) is 36.4 Å². The molecule has 1 fully saturated rings. The van der Waals surface area contributed by atoms with Gasteiger partial charge in [0.1, 0.15) is 0 Å². The molecule has 0 saturated heterocycles. The molecule has 6 heteroatoms. The molecule has 0 N–H and O–H groups in total. The Morgan fingerprint density at radius 2 is 1.79 bits per heavy atom. The zero-order valence-electron chi connectivity index (χ0n) is 16.0. The molecule has 1 amide bonds. The van der Waals surface area contributed by atoms with Gasteiger partial charge >= 0.3 is 5.97 Å². The van der Waals surface area contributed by atoms with E-state index in [2.05, 4.69) is 5.10 Å². The van der Waals surface area contributed by atoms with E-state index in [1.807, 2.05) is 54.6 Å². The number of benzene rings is 2. The number of fused-ring (bicyclic) bond motifs is 1. The van der Waals surface area contributed by atoms with Crippen LogP contribution in [0.4, 0.5) is 5.69 Å². The van der Waals surface area contributed by atoms with Crippen LogP contribution in [-0.4, -0.2) is 34.8 Å². The summed E-state index contributed by atoms with van der Waals surface area (Å²) in [6, 6.07) is 19.1. The number of ether oxygens (including phenoxy) is 1. The Morgan fingerprint density at radius 3 is 2.59 bits per heavy atom. The van der Waals surface area contributed by atoms with E-state index in [1.54, 1.807) is 15.6 Å². The van der Waals surface area contributed by atoms with Crippen LogP contribution in [0.3, 0.4) is 0 Å². The summed E-state index contributed by atoms with van der Waals surface area (Å²) in [5.41, 5.74) is 4.10. The van der Waals surface area contributed by atoms with Gasteiger partial charge in [-0.2, -0.15) is 5.10 Å². The third-order valence-electron chi connectivity index (χ3n) is 5.45. The van der Waals surface area contributed by atoms with Crippen LogP contribution in [0.15, 0.2) is 60.7 Å². The lowest BCUT2D eigenvalue weighted by molar-refractivity contribution is -0.121. The molecule has 2 heterocycles. The average Bonchev–Trinajstić information content (AvgIpc) is 3.36. The van der Waals surface area contributed by atoms with Crippen LogP contribution in [0.1, 0.15) is 40.5 Å². The number of carbonyl (C=O) groups excluding carboxylic acids is 2. The lowest BCUT2D eigenvalue weighted by Gasteiger charge is -2.17. The number of rotatable bonds is 5. The number of aromatic nitrogens is 2. The minimum atomic E-state index is -0.533. The molecule has 1 aliphatic heterocycles. The van der Waals surface area contributed by atoms with E-state index >= 15 is 0 Å². The maximum absolute atomic E-state index is 12.8. The predicted molar refractivity (Wildman–Crippen MR) is 108 cm³/mol. The topological polar surface area (TPSA) is 64.4 Å². The molecule has 2 aromatic carbocycles. The molecular weight excluding hydrogens is 366 g/mol.